The van der Waals surface area contributed by atoms with E-state index < -0.39 is 20.8 Å². The second-order valence-corrected chi connectivity index (χ2v) is 8.24. The first-order chi connectivity index (χ1) is 9.48. The van der Waals surface area contributed by atoms with Gasteiger partial charge in [-0.3, -0.25) is 4.21 Å². The van der Waals surface area contributed by atoms with E-state index in [-0.39, 0.29) is 23.9 Å². The average molecular weight is 338 g/mol. The summed E-state index contributed by atoms with van der Waals surface area (Å²) in [4.78, 5) is 0.117. The van der Waals surface area contributed by atoms with Gasteiger partial charge in [0.15, 0.2) is 0 Å². The molecule has 0 aliphatic carbocycles. The highest BCUT2D eigenvalue weighted by Crippen LogP contribution is 2.29. The van der Waals surface area contributed by atoms with Crippen LogP contribution >= 0.6 is 11.6 Å². The van der Waals surface area contributed by atoms with Crippen molar-refractivity contribution in [2.24, 2.45) is 0 Å². The predicted octanol–water partition coefficient (Wildman–Crippen LogP) is 1.19. The van der Waals surface area contributed by atoms with Crippen LogP contribution in [0.15, 0.2) is 23.1 Å². The van der Waals surface area contributed by atoms with Crippen LogP contribution in [0, 0.1) is 0 Å². The van der Waals surface area contributed by atoms with Crippen molar-refractivity contribution in [1.29, 1.82) is 0 Å². The van der Waals surface area contributed by atoms with Crippen molar-refractivity contribution in [2.45, 2.75) is 10.8 Å². The number of methoxy groups -OCH3 is 1. The average Bonchev–Trinajstić information content (AvgIpc) is 2.47. The van der Waals surface area contributed by atoms with Crippen LogP contribution in [0.1, 0.15) is 5.56 Å². The topological polar surface area (TPSA) is 63.7 Å². The van der Waals surface area contributed by atoms with Crippen LogP contribution in [0.5, 0.6) is 5.75 Å². The van der Waals surface area contributed by atoms with Crippen LogP contribution in [0.3, 0.4) is 0 Å². The third kappa shape index (κ3) is 3.16. The Kier molecular flexibility index (Phi) is 5.06. The molecule has 1 aliphatic rings. The fraction of sp³-hybridized carbons (Fsp3) is 0.500. The lowest BCUT2D eigenvalue weighted by Crippen LogP contribution is -2.41. The van der Waals surface area contributed by atoms with Gasteiger partial charge in [-0.15, -0.1) is 11.6 Å². The second kappa shape index (κ2) is 6.43. The number of benzene rings is 1. The maximum atomic E-state index is 12.6. The zero-order chi connectivity index (χ0) is 14.8. The molecule has 2 rings (SSSR count). The lowest BCUT2D eigenvalue weighted by Gasteiger charge is -2.26. The van der Waals surface area contributed by atoms with Crippen LogP contribution in [-0.4, -0.2) is 48.6 Å². The zero-order valence-electron chi connectivity index (χ0n) is 11.0. The first-order valence-electron chi connectivity index (χ1n) is 6.07. The van der Waals surface area contributed by atoms with E-state index in [2.05, 4.69) is 0 Å². The fourth-order valence-electron chi connectivity index (χ4n) is 2.01. The van der Waals surface area contributed by atoms with Crippen molar-refractivity contribution in [2.75, 3.05) is 31.7 Å². The van der Waals surface area contributed by atoms with Crippen LogP contribution in [0.2, 0.25) is 0 Å². The van der Waals surface area contributed by atoms with Gasteiger partial charge in [-0.05, 0) is 17.7 Å². The number of ether oxygens (including phenoxy) is 1. The Bertz CT molecular complexity index is 608. The largest absolute Gasteiger partial charge is 0.495 e. The van der Waals surface area contributed by atoms with Crippen molar-refractivity contribution >= 4 is 32.4 Å². The number of hydrogen-bond donors (Lipinski definition) is 0. The quantitative estimate of drug-likeness (QED) is 0.774. The zero-order valence-corrected chi connectivity index (χ0v) is 13.4. The van der Waals surface area contributed by atoms with Gasteiger partial charge in [0.1, 0.15) is 10.6 Å². The lowest BCUT2D eigenvalue weighted by molar-refractivity contribution is 0.394. The Morgan fingerprint density at radius 3 is 2.55 bits per heavy atom. The molecule has 0 unspecified atom stereocenters. The van der Waals surface area contributed by atoms with Gasteiger partial charge in [-0.1, -0.05) is 6.07 Å². The number of nitrogens with zero attached hydrogens (tertiary/aromatic N) is 1. The van der Waals surface area contributed by atoms with Crippen molar-refractivity contribution in [3.8, 4) is 5.75 Å². The third-order valence-electron chi connectivity index (χ3n) is 3.14. The van der Waals surface area contributed by atoms with E-state index in [1.165, 1.54) is 17.5 Å². The smallest absolute Gasteiger partial charge is 0.246 e. The molecule has 8 heteroatoms. The molecule has 1 aromatic rings. The highest BCUT2D eigenvalue weighted by atomic mass is 35.5. The minimum absolute atomic E-state index is 0.117. The number of alkyl halides is 1. The molecule has 0 atom stereocenters. The van der Waals surface area contributed by atoms with Crippen LogP contribution in [0.4, 0.5) is 0 Å². The Hall–Kier alpha value is -0.630. The number of halogens is 1. The van der Waals surface area contributed by atoms with Gasteiger partial charge in [-0.25, -0.2) is 8.42 Å². The van der Waals surface area contributed by atoms with Crippen molar-refractivity contribution < 1.29 is 17.4 Å². The first-order valence-corrected chi connectivity index (χ1v) is 9.53. The molecule has 0 aromatic heterocycles. The molecule has 5 nitrogen and oxygen atoms in total. The molecule has 20 heavy (non-hydrogen) atoms. The molecule has 1 fully saturated rings. The molecule has 0 bridgehead atoms. The van der Waals surface area contributed by atoms with Crippen LogP contribution < -0.4 is 4.74 Å². The molecule has 0 radical (unpaired) electrons. The number of rotatable bonds is 4. The van der Waals surface area contributed by atoms with Gasteiger partial charge < -0.3 is 4.74 Å². The highest BCUT2D eigenvalue weighted by Gasteiger charge is 2.30. The summed E-state index contributed by atoms with van der Waals surface area (Å²) in [6.45, 7) is 0.534. The minimum Gasteiger partial charge on any atom is -0.495 e. The van der Waals surface area contributed by atoms with E-state index in [9.17, 15) is 12.6 Å². The minimum atomic E-state index is -3.65. The van der Waals surface area contributed by atoms with E-state index >= 15 is 0 Å². The Labute approximate surface area is 126 Å². The summed E-state index contributed by atoms with van der Waals surface area (Å²) >= 11 is 5.76. The molecule has 1 heterocycles. The molecular weight excluding hydrogens is 322 g/mol. The standard InChI is InChI=1S/C12H16ClNO4S2/c1-18-11-3-2-10(9-13)8-12(11)20(16,17)14-4-6-19(15)7-5-14/h2-3,8H,4-7,9H2,1H3. The van der Waals surface area contributed by atoms with E-state index in [0.717, 1.165) is 0 Å². The molecule has 1 aromatic carbocycles. The molecular formula is C12H16ClNO4S2. The summed E-state index contributed by atoms with van der Waals surface area (Å²) < 4.78 is 43.1. The van der Waals surface area contributed by atoms with E-state index in [0.29, 0.717) is 22.8 Å². The van der Waals surface area contributed by atoms with Gasteiger partial charge in [0.2, 0.25) is 10.0 Å². The summed E-state index contributed by atoms with van der Waals surface area (Å²) in [5.74, 6) is 1.27. The number of sulfonamides is 1. The molecule has 1 saturated heterocycles. The van der Waals surface area contributed by atoms with Gasteiger partial charge in [0.05, 0.1) is 7.11 Å². The van der Waals surface area contributed by atoms with Gasteiger partial charge >= 0.3 is 0 Å². The highest BCUT2D eigenvalue weighted by molar-refractivity contribution is 7.89. The number of hydrogen-bond acceptors (Lipinski definition) is 4. The van der Waals surface area contributed by atoms with Crippen LogP contribution in [0.25, 0.3) is 0 Å². The van der Waals surface area contributed by atoms with Gasteiger partial charge in [0, 0.05) is 41.3 Å². The van der Waals surface area contributed by atoms with E-state index in [1.54, 1.807) is 12.1 Å². The van der Waals surface area contributed by atoms with E-state index in [4.69, 9.17) is 16.3 Å². The molecule has 0 spiro atoms. The molecule has 0 saturated carbocycles. The maximum absolute atomic E-state index is 12.6. The summed E-state index contributed by atoms with van der Waals surface area (Å²) in [6.07, 6.45) is 0. The normalized spacial score (nSPS) is 18.1. The summed E-state index contributed by atoms with van der Waals surface area (Å²) in [5, 5.41) is 0. The maximum Gasteiger partial charge on any atom is 0.246 e. The Morgan fingerprint density at radius 1 is 1.35 bits per heavy atom. The predicted molar refractivity (Wildman–Crippen MR) is 79.2 cm³/mol. The SMILES string of the molecule is COc1ccc(CCl)cc1S(=O)(=O)N1CCS(=O)CC1. The molecule has 1 aliphatic heterocycles. The lowest BCUT2D eigenvalue weighted by atomic mass is 10.2. The molecule has 112 valence electrons. The Balaban J connectivity index is 2.40. The molecule has 0 N–H and O–H groups in total. The van der Waals surface area contributed by atoms with Crippen molar-refractivity contribution in [3.63, 3.8) is 0 Å². The first kappa shape index (κ1) is 15.8. The third-order valence-corrected chi connectivity index (χ3v) is 6.64. The Morgan fingerprint density at radius 2 is 2.00 bits per heavy atom. The van der Waals surface area contributed by atoms with Crippen LogP contribution in [-0.2, 0) is 26.7 Å². The fourth-order valence-corrected chi connectivity index (χ4v) is 5.10. The second-order valence-electron chi connectivity index (χ2n) is 4.37. The monoisotopic (exact) mass is 337 g/mol. The molecule has 0 amide bonds. The summed E-state index contributed by atoms with van der Waals surface area (Å²) in [5.41, 5.74) is 0.714. The van der Waals surface area contributed by atoms with Gasteiger partial charge in [0.25, 0.3) is 0 Å². The summed E-state index contributed by atoms with van der Waals surface area (Å²) in [6, 6.07) is 4.87. The van der Waals surface area contributed by atoms with Gasteiger partial charge in [-0.2, -0.15) is 4.31 Å². The van der Waals surface area contributed by atoms with Crippen molar-refractivity contribution in [3.05, 3.63) is 23.8 Å². The van der Waals surface area contributed by atoms with E-state index in [1.807, 2.05) is 0 Å². The van der Waals surface area contributed by atoms with Crippen molar-refractivity contribution in [1.82, 2.24) is 4.31 Å². The summed E-state index contributed by atoms with van der Waals surface area (Å²) in [7, 11) is -3.14.